The fourth-order valence-electron chi connectivity index (χ4n) is 2.66. The molecule has 0 amide bonds. The van der Waals surface area contributed by atoms with Crippen molar-refractivity contribution in [1.82, 2.24) is 9.46 Å². The van der Waals surface area contributed by atoms with Crippen molar-refractivity contribution in [1.29, 1.82) is 0 Å². The van der Waals surface area contributed by atoms with E-state index in [4.69, 9.17) is 10.3 Å². The number of aryl methyl sites for hydroxylation is 1. The normalized spacial score (nSPS) is 20.0. The van der Waals surface area contributed by atoms with E-state index >= 15 is 0 Å². The number of nitrogens with zero attached hydrogens (tertiary/aromatic N) is 2. The second-order valence-corrected chi connectivity index (χ2v) is 7.11. The maximum atomic E-state index is 12.8. The molecule has 1 unspecified atom stereocenters. The van der Waals surface area contributed by atoms with E-state index in [0.29, 0.717) is 18.0 Å². The molecule has 1 aromatic heterocycles. The molecule has 1 saturated heterocycles. The zero-order valence-corrected chi connectivity index (χ0v) is 12.5. The standard InChI is InChI=1S/C14H17N3O3S/c1-10-8-14(20-16-10)13-6-3-7-17(13)21(18,19)12-5-2-4-11(15)9-12/h2,4-5,8-9,13H,3,6-7,15H2,1H3. The molecule has 0 saturated carbocycles. The van der Waals surface area contributed by atoms with Gasteiger partial charge in [0.05, 0.1) is 16.6 Å². The van der Waals surface area contributed by atoms with Crippen LogP contribution in [-0.4, -0.2) is 24.4 Å². The summed E-state index contributed by atoms with van der Waals surface area (Å²) in [5, 5.41) is 3.85. The molecule has 0 radical (unpaired) electrons. The van der Waals surface area contributed by atoms with Crippen LogP contribution < -0.4 is 5.73 Å². The molecule has 0 bridgehead atoms. The van der Waals surface area contributed by atoms with E-state index in [1.807, 2.05) is 6.92 Å². The molecule has 3 rings (SSSR count). The summed E-state index contributed by atoms with van der Waals surface area (Å²) in [6, 6.07) is 7.85. The first-order chi connectivity index (χ1) is 9.98. The van der Waals surface area contributed by atoms with Crippen molar-refractivity contribution >= 4 is 15.7 Å². The first-order valence-corrected chi connectivity index (χ1v) is 8.23. The van der Waals surface area contributed by atoms with Gasteiger partial charge in [0.25, 0.3) is 0 Å². The van der Waals surface area contributed by atoms with Gasteiger partial charge >= 0.3 is 0 Å². The highest BCUT2D eigenvalue weighted by molar-refractivity contribution is 7.89. The van der Waals surface area contributed by atoms with Gasteiger partial charge in [-0.25, -0.2) is 8.42 Å². The summed E-state index contributed by atoms with van der Waals surface area (Å²) in [5.41, 5.74) is 6.87. The van der Waals surface area contributed by atoms with Crippen molar-refractivity contribution in [2.45, 2.75) is 30.7 Å². The third-order valence-corrected chi connectivity index (χ3v) is 5.55. The van der Waals surface area contributed by atoms with Crippen LogP contribution in [0.1, 0.15) is 30.3 Å². The van der Waals surface area contributed by atoms with Crippen LogP contribution in [0.3, 0.4) is 0 Å². The molecular weight excluding hydrogens is 290 g/mol. The second kappa shape index (κ2) is 5.16. The van der Waals surface area contributed by atoms with Crippen molar-refractivity contribution in [2.75, 3.05) is 12.3 Å². The van der Waals surface area contributed by atoms with E-state index in [0.717, 1.165) is 18.5 Å². The first-order valence-electron chi connectivity index (χ1n) is 6.79. The number of rotatable bonds is 3. The van der Waals surface area contributed by atoms with Crippen molar-refractivity contribution < 1.29 is 12.9 Å². The van der Waals surface area contributed by atoms with Gasteiger partial charge in [0.1, 0.15) is 0 Å². The van der Waals surface area contributed by atoms with E-state index in [1.54, 1.807) is 24.3 Å². The van der Waals surface area contributed by atoms with E-state index in [-0.39, 0.29) is 10.9 Å². The molecular formula is C14H17N3O3S. The molecule has 1 aromatic carbocycles. The Morgan fingerprint density at radius 2 is 2.19 bits per heavy atom. The minimum absolute atomic E-state index is 0.214. The maximum Gasteiger partial charge on any atom is 0.243 e. The maximum absolute atomic E-state index is 12.8. The van der Waals surface area contributed by atoms with Gasteiger partial charge in [-0.3, -0.25) is 0 Å². The Hall–Kier alpha value is -1.86. The van der Waals surface area contributed by atoms with Crippen LogP contribution in [0.2, 0.25) is 0 Å². The van der Waals surface area contributed by atoms with Gasteiger partial charge in [-0.1, -0.05) is 11.2 Å². The number of aromatic nitrogens is 1. The van der Waals surface area contributed by atoms with Crippen LogP contribution in [0.25, 0.3) is 0 Å². The van der Waals surface area contributed by atoms with Crippen LogP contribution in [0.15, 0.2) is 39.8 Å². The average Bonchev–Trinajstić information content (AvgIpc) is 3.07. The predicted octanol–water partition coefficient (Wildman–Crippen LogP) is 2.09. The van der Waals surface area contributed by atoms with Crippen molar-refractivity contribution in [3.05, 3.63) is 41.8 Å². The third kappa shape index (κ3) is 2.54. The summed E-state index contributed by atoms with van der Waals surface area (Å²) in [6.45, 7) is 2.29. The summed E-state index contributed by atoms with van der Waals surface area (Å²) in [6.07, 6.45) is 1.53. The van der Waals surface area contributed by atoms with Gasteiger partial charge in [0.15, 0.2) is 5.76 Å². The van der Waals surface area contributed by atoms with Crippen LogP contribution in [0.5, 0.6) is 0 Å². The molecule has 1 aliphatic heterocycles. The molecule has 1 fully saturated rings. The Bertz CT molecular complexity index is 754. The number of nitrogens with two attached hydrogens (primary N) is 1. The molecule has 112 valence electrons. The van der Waals surface area contributed by atoms with Crippen molar-refractivity contribution in [2.24, 2.45) is 0 Å². The molecule has 2 N–H and O–H groups in total. The summed E-state index contributed by atoms with van der Waals surface area (Å²) in [4.78, 5) is 0.214. The Kier molecular flexibility index (Phi) is 3.46. The van der Waals surface area contributed by atoms with Crippen LogP contribution in [-0.2, 0) is 10.0 Å². The second-order valence-electron chi connectivity index (χ2n) is 5.22. The average molecular weight is 307 g/mol. The molecule has 7 heteroatoms. The summed E-state index contributed by atoms with van der Waals surface area (Å²) >= 11 is 0. The smallest absolute Gasteiger partial charge is 0.243 e. The molecule has 0 aliphatic carbocycles. The fourth-order valence-corrected chi connectivity index (χ4v) is 4.38. The highest BCUT2D eigenvalue weighted by Crippen LogP contribution is 2.36. The molecule has 21 heavy (non-hydrogen) atoms. The fraction of sp³-hybridized carbons (Fsp3) is 0.357. The minimum Gasteiger partial charge on any atom is -0.399 e. The molecule has 0 spiro atoms. The van der Waals surface area contributed by atoms with Crippen LogP contribution in [0.4, 0.5) is 5.69 Å². The summed E-state index contributed by atoms with van der Waals surface area (Å²) in [7, 11) is -3.58. The van der Waals surface area contributed by atoms with E-state index in [2.05, 4.69) is 5.16 Å². The van der Waals surface area contributed by atoms with Crippen LogP contribution >= 0.6 is 0 Å². The van der Waals surface area contributed by atoms with E-state index in [1.165, 1.54) is 10.4 Å². The first kappa shape index (κ1) is 14.1. The lowest BCUT2D eigenvalue weighted by Gasteiger charge is -2.22. The quantitative estimate of drug-likeness (QED) is 0.877. The van der Waals surface area contributed by atoms with Gasteiger partial charge in [-0.2, -0.15) is 4.31 Å². The summed E-state index contributed by atoms with van der Waals surface area (Å²) < 4.78 is 32.3. The highest BCUT2D eigenvalue weighted by atomic mass is 32.2. The third-order valence-electron chi connectivity index (χ3n) is 3.64. The number of nitrogen functional groups attached to an aromatic ring is 1. The van der Waals surface area contributed by atoms with Gasteiger partial charge in [0.2, 0.25) is 10.0 Å². The zero-order chi connectivity index (χ0) is 15.0. The summed E-state index contributed by atoms with van der Waals surface area (Å²) in [5.74, 6) is 0.595. The van der Waals surface area contributed by atoms with Gasteiger partial charge in [-0.15, -0.1) is 0 Å². The Balaban J connectivity index is 1.98. The SMILES string of the molecule is Cc1cc(C2CCCN2S(=O)(=O)c2cccc(N)c2)on1. The monoisotopic (exact) mass is 307 g/mol. The molecule has 6 nitrogen and oxygen atoms in total. The highest BCUT2D eigenvalue weighted by Gasteiger charge is 2.38. The molecule has 2 aromatic rings. The van der Waals surface area contributed by atoms with Gasteiger partial charge in [0, 0.05) is 18.3 Å². The van der Waals surface area contributed by atoms with Crippen molar-refractivity contribution in [3.63, 3.8) is 0 Å². The molecule has 1 aliphatic rings. The van der Waals surface area contributed by atoms with Gasteiger partial charge in [-0.05, 0) is 38.0 Å². The predicted molar refractivity (Wildman–Crippen MR) is 78.0 cm³/mol. The topological polar surface area (TPSA) is 89.4 Å². The van der Waals surface area contributed by atoms with Crippen molar-refractivity contribution in [3.8, 4) is 0 Å². The molecule has 2 heterocycles. The van der Waals surface area contributed by atoms with Gasteiger partial charge < -0.3 is 10.3 Å². The zero-order valence-electron chi connectivity index (χ0n) is 11.7. The lowest BCUT2D eigenvalue weighted by atomic mass is 10.2. The van der Waals surface area contributed by atoms with E-state index < -0.39 is 10.0 Å². The lowest BCUT2D eigenvalue weighted by molar-refractivity contribution is 0.297. The number of hydrogen-bond donors (Lipinski definition) is 1. The Morgan fingerprint density at radius 3 is 2.86 bits per heavy atom. The molecule has 1 atom stereocenters. The Morgan fingerprint density at radius 1 is 1.38 bits per heavy atom. The number of sulfonamides is 1. The van der Waals surface area contributed by atoms with Crippen LogP contribution in [0, 0.1) is 6.92 Å². The van der Waals surface area contributed by atoms with E-state index in [9.17, 15) is 8.42 Å². The number of anilines is 1. The lowest BCUT2D eigenvalue weighted by Crippen LogP contribution is -2.30. The largest absolute Gasteiger partial charge is 0.399 e. The number of hydrogen-bond acceptors (Lipinski definition) is 5. The number of benzene rings is 1. The Labute approximate surface area is 123 Å². The minimum atomic E-state index is -3.58.